The Labute approximate surface area is 286 Å². The van der Waals surface area contributed by atoms with E-state index in [4.69, 9.17) is 19.9 Å². The summed E-state index contributed by atoms with van der Waals surface area (Å²) in [7, 11) is 2.97. The molecule has 5 N–H and O–H groups in total. The highest BCUT2D eigenvalue weighted by molar-refractivity contribution is 7.13. The van der Waals surface area contributed by atoms with Gasteiger partial charge in [0.05, 0.1) is 20.8 Å². The molecule has 1 aliphatic rings. The molecule has 49 heavy (non-hydrogen) atoms. The van der Waals surface area contributed by atoms with Crippen LogP contribution in [0.5, 0.6) is 17.2 Å². The number of methoxy groups -OCH3 is 2. The maximum absolute atomic E-state index is 14.2. The first-order chi connectivity index (χ1) is 23.6. The summed E-state index contributed by atoms with van der Waals surface area (Å²) in [6.45, 7) is 4.55. The van der Waals surface area contributed by atoms with Crippen molar-refractivity contribution in [2.24, 2.45) is 5.73 Å². The van der Waals surface area contributed by atoms with E-state index in [9.17, 15) is 19.5 Å². The number of aryl methyl sites for hydroxylation is 2. The lowest BCUT2D eigenvalue weighted by Gasteiger charge is -2.18. The lowest BCUT2D eigenvalue weighted by atomic mass is 9.93. The van der Waals surface area contributed by atoms with Gasteiger partial charge >= 0.3 is 5.97 Å². The molecule has 1 aliphatic heterocycles. The first kappa shape index (κ1) is 33.2. The quantitative estimate of drug-likeness (QED) is 0.133. The molecule has 0 radical (unpaired) electrons. The number of rotatable bonds is 9. The third-order valence-corrected chi connectivity index (χ3v) is 9.27. The Bertz CT molecular complexity index is 2080. The van der Waals surface area contributed by atoms with Crippen molar-refractivity contribution in [3.63, 3.8) is 0 Å². The van der Waals surface area contributed by atoms with Gasteiger partial charge in [0.25, 0.3) is 11.8 Å². The number of nitrogens with zero attached hydrogens (tertiary/aromatic N) is 1. The summed E-state index contributed by atoms with van der Waals surface area (Å²) in [6, 6.07) is 17.0. The summed E-state index contributed by atoms with van der Waals surface area (Å²) >= 11 is 1.54. The highest BCUT2D eigenvalue weighted by Gasteiger charge is 2.27. The second-order valence-corrected chi connectivity index (χ2v) is 12.4. The molecule has 0 bridgehead atoms. The number of hydrogen-bond acceptors (Lipinski definition) is 9. The Morgan fingerprint density at radius 3 is 2.27 bits per heavy atom. The van der Waals surface area contributed by atoms with Crippen molar-refractivity contribution in [1.29, 1.82) is 0 Å². The van der Waals surface area contributed by atoms with Crippen LogP contribution in [0.3, 0.4) is 0 Å². The van der Waals surface area contributed by atoms with Gasteiger partial charge in [-0.1, -0.05) is 12.1 Å². The smallest absolute Gasteiger partial charge is 0.355 e. The maximum atomic E-state index is 14.2. The second-order valence-electron chi connectivity index (χ2n) is 11.5. The zero-order valence-electron chi connectivity index (χ0n) is 27.3. The van der Waals surface area contributed by atoms with Crippen molar-refractivity contribution in [2.45, 2.75) is 26.8 Å². The van der Waals surface area contributed by atoms with E-state index in [1.807, 2.05) is 37.4 Å². The van der Waals surface area contributed by atoms with Gasteiger partial charge in [0.1, 0.15) is 22.9 Å². The van der Waals surface area contributed by atoms with Crippen LogP contribution < -0.4 is 30.6 Å². The Morgan fingerprint density at radius 1 is 0.898 bits per heavy atom. The molecule has 0 fully saturated rings. The monoisotopic (exact) mass is 678 g/mol. The van der Waals surface area contributed by atoms with Gasteiger partial charge in [-0.2, -0.15) is 0 Å². The zero-order chi connectivity index (χ0) is 34.8. The number of pyridine rings is 1. The fourth-order valence-electron chi connectivity index (χ4n) is 5.92. The third kappa shape index (κ3) is 6.69. The first-order valence-corrected chi connectivity index (χ1v) is 16.3. The van der Waals surface area contributed by atoms with Crippen molar-refractivity contribution in [3.05, 3.63) is 105 Å². The number of benzene rings is 3. The average molecular weight is 679 g/mol. The standard InChI is InChI=1S/C37H34N4O7S/c1-19-11-21(18-38)12-20(2)32(19)41-35(42)28-16-29-31(48-9-7-22-8-10-49-34(22)29)17-27(28)26-5-6-30(40-33(26)37(44)45)36(43)39-23-13-24(46-3)15-25(14-23)47-4/h5-6,8,10-17H,7,9,18,38H2,1-4H3,(H,39,43)(H,41,42)(H,44,45). The number of nitrogens with one attached hydrogen (secondary N) is 2. The highest BCUT2D eigenvalue weighted by atomic mass is 32.1. The summed E-state index contributed by atoms with van der Waals surface area (Å²) in [5, 5.41) is 18.1. The molecule has 0 unspecified atom stereocenters. The van der Waals surface area contributed by atoms with Crippen molar-refractivity contribution in [1.82, 2.24) is 4.98 Å². The summed E-state index contributed by atoms with van der Waals surface area (Å²) < 4.78 is 16.7. The van der Waals surface area contributed by atoms with Gasteiger partial charge in [-0.3, -0.25) is 9.59 Å². The van der Waals surface area contributed by atoms with E-state index in [1.54, 1.807) is 41.7 Å². The van der Waals surface area contributed by atoms with E-state index in [1.165, 1.54) is 26.4 Å². The van der Waals surface area contributed by atoms with Crippen LogP contribution in [-0.4, -0.2) is 48.7 Å². The number of nitrogens with two attached hydrogens (primary N) is 1. The fraction of sp³-hybridized carbons (Fsp3) is 0.189. The Balaban J connectivity index is 1.45. The van der Waals surface area contributed by atoms with Crippen LogP contribution in [-0.2, 0) is 13.0 Å². The molecule has 3 heterocycles. The molecule has 0 spiro atoms. The van der Waals surface area contributed by atoms with Crippen molar-refractivity contribution in [2.75, 3.05) is 31.5 Å². The number of carbonyl (C=O) groups excluding carboxylic acids is 2. The van der Waals surface area contributed by atoms with E-state index in [0.717, 1.165) is 32.7 Å². The van der Waals surface area contributed by atoms with Gasteiger partial charge in [0, 0.05) is 69.7 Å². The molecule has 3 aromatic carbocycles. The zero-order valence-corrected chi connectivity index (χ0v) is 28.1. The Hall–Kier alpha value is -5.72. The lowest BCUT2D eigenvalue weighted by Crippen LogP contribution is -2.18. The van der Waals surface area contributed by atoms with Gasteiger partial charge in [-0.05, 0) is 71.8 Å². The van der Waals surface area contributed by atoms with Crippen LogP contribution in [0, 0.1) is 13.8 Å². The Kier molecular flexibility index (Phi) is 9.34. The number of thiophene rings is 1. The molecular formula is C37H34N4O7S. The summed E-state index contributed by atoms with van der Waals surface area (Å²) in [5.74, 6) is -1.05. The van der Waals surface area contributed by atoms with Crippen LogP contribution >= 0.6 is 11.3 Å². The highest BCUT2D eigenvalue weighted by Crippen LogP contribution is 2.43. The molecular weight excluding hydrogens is 644 g/mol. The molecule has 250 valence electrons. The number of aromatic nitrogens is 1. The molecule has 6 rings (SSSR count). The van der Waals surface area contributed by atoms with Crippen LogP contribution in [0.15, 0.2) is 66.0 Å². The lowest BCUT2D eigenvalue weighted by molar-refractivity contribution is 0.0691. The third-order valence-electron chi connectivity index (χ3n) is 8.28. The SMILES string of the molecule is COc1cc(NC(=O)c2ccc(-c3cc4c(cc3C(=O)Nc3c(C)cc(CN)cc3C)-c3sccc3CCO4)c(C(=O)O)n2)cc(OC)c1. The predicted molar refractivity (Wildman–Crippen MR) is 188 cm³/mol. The van der Waals surface area contributed by atoms with E-state index in [2.05, 4.69) is 15.6 Å². The summed E-state index contributed by atoms with van der Waals surface area (Å²) in [5.41, 5.74) is 11.4. The van der Waals surface area contributed by atoms with Crippen LogP contribution in [0.1, 0.15) is 53.6 Å². The molecule has 5 aromatic rings. The topological polar surface area (TPSA) is 162 Å². The summed E-state index contributed by atoms with van der Waals surface area (Å²) in [4.78, 5) is 45.5. The second kappa shape index (κ2) is 13.8. The van der Waals surface area contributed by atoms with E-state index in [0.29, 0.717) is 53.8 Å². The molecule has 11 nitrogen and oxygen atoms in total. The summed E-state index contributed by atoms with van der Waals surface area (Å²) in [6.07, 6.45) is 0.682. The number of anilines is 2. The van der Waals surface area contributed by atoms with E-state index in [-0.39, 0.29) is 16.8 Å². The van der Waals surface area contributed by atoms with Gasteiger partial charge in [0.2, 0.25) is 0 Å². The average Bonchev–Trinajstić information content (AvgIpc) is 3.50. The molecule has 0 saturated carbocycles. The van der Waals surface area contributed by atoms with Gasteiger partial charge < -0.3 is 35.7 Å². The van der Waals surface area contributed by atoms with Crippen LogP contribution in [0.2, 0.25) is 0 Å². The largest absolute Gasteiger partial charge is 0.497 e. The molecule has 2 aromatic heterocycles. The van der Waals surface area contributed by atoms with Crippen molar-refractivity contribution in [3.8, 4) is 38.8 Å². The fourth-order valence-corrected chi connectivity index (χ4v) is 6.89. The number of amides is 2. The van der Waals surface area contributed by atoms with Crippen LogP contribution in [0.4, 0.5) is 11.4 Å². The van der Waals surface area contributed by atoms with Crippen molar-refractivity contribution < 1.29 is 33.7 Å². The van der Waals surface area contributed by atoms with Gasteiger partial charge in [-0.25, -0.2) is 9.78 Å². The molecule has 0 aliphatic carbocycles. The predicted octanol–water partition coefficient (Wildman–Crippen LogP) is 6.71. The van der Waals surface area contributed by atoms with Gasteiger partial charge in [0.15, 0.2) is 5.69 Å². The number of fused-ring (bicyclic) bond motifs is 3. The minimum Gasteiger partial charge on any atom is -0.497 e. The normalized spacial score (nSPS) is 11.8. The Morgan fingerprint density at radius 2 is 1.61 bits per heavy atom. The molecule has 2 amide bonds. The maximum Gasteiger partial charge on any atom is 0.355 e. The van der Waals surface area contributed by atoms with Gasteiger partial charge in [-0.15, -0.1) is 11.3 Å². The number of ether oxygens (including phenoxy) is 3. The number of aromatic carboxylic acids is 1. The number of carbonyl (C=O) groups is 3. The molecule has 0 saturated heterocycles. The molecule has 12 heteroatoms. The van der Waals surface area contributed by atoms with Crippen LogP contribution in [0.25, 0.3) is 21.6 Å². The van der Waals surface area contributed by atoms with E-state index >= 15 is 0 Å². The number of carboxylic acid groups (broad SMARTS) is 1. The van der Waals surface area contributed by atoms with Crippen molar-refractivity contribution >= 4 is 40.5 Å². The minimum absolute atomic E-state index is 0.144. The minimum atomic E-state index is -1.38. The first-order valence-electron chi connectivity index (χ1n) is 15.4. The molecule has 0 atom stereocenters. The number of hydrogen-bond donors (Lipinski definition) is 4. The van der Waals surface area contributed by atoms with E-state index < -0.39 is 23.5 Å². The number of carboxylic acids is 1.